The van der Waals surface area contributed by atoms with Crippen LogP contribution in [0.3, 0.4) is 0 Å². The molecule has 1 heterocycles. The third-order valence-electron chi connectivity index (χ3n) is 3.65. The van der Waals surface area contributed by atoms with Crippen molar-refractivity contribution >= 4 is 39.9 Å². The summed E-state index contributed by atoms with van der Waals surface area (Å²) in [6, 6.07) is 14.1. The summed E-state index contributed by atoms with van der Waals surface area (Å²) in [6.45, 7) is 1.73. The number of aryl methyl sites for hydroxylation is 1. The molecule has 6 nitrogen and oxygen atoms in total. The van der Waals surface area contributed by atoms with Crippen molar-refractivity contribution in [2.45, 2.75) is 11.8 Å². The minimum Gasteiger partial charge on any atom is -0.325 e. The van der Waals surface area contributed by atoms with Crippen LogP contribution in [-0.4, -0.2) is 21.6 Å². The average molecular weight is 353 g/mol. The number of para-hydroxylation sites is 1. The Labute approximate surface area is 148 Å². The average Bonchev–Trinajstić information content (AvgIpc) is 2.61. The predicted octanol–water partition coefficient (Wildman–Crippen LogP) is 4.18. The van der Waals surface area contributed by atoms with Gasteiger partial charge >= 0.3 is 0 Å². The second-order valence-corrected chi connectivity index (χ2v) is 6.44. The van der Waals surface area contributed by atoms with Gasteiger partial charge in [-0.1, -0.05) is 18.2 Å². The van der Waals surface area contributed by atoms with Crippen molar-refractivity contribution < 1.29 is 9.72 Å². The van der Waals surface area contributed by atoms with Crippen molar-refractivity contribution in [2.75, 3.05) is 11.1 Å². The number of carbonyl (C=O) groups excluding carboxylic acids is 1. The molecule has 0 saturated carbocycles. The van der Waals surface area contributed by atoms with E-state index in [1.807, 2.05) is 30.3 Å². The molecule has 126 valence electrons. The molecular weight excluding hydrogens is 338 g/mol. The molecule has 0 atom stereocenters. The fraction of sp³-hybridized carbons (Fsp3) is 0.111. The van der Waals surface area contributed by atoms with Crippen LogP contribution in [0.4, 0.5) is 11.4 Å². The van der Waals surface area contributed by atoms with Gasteiger partial charge in [-0.3, -0.25) is 19.9 Å². The Kier molecular flexibility index (Phi) is 4.95. The molecular formula is C18H15N3O3S. The zero-order valence-electron chi connectivity index (χ0n) is 13.4. The monoisotopic (exact) mass is 353 g/mol. The van der Waals surface area contributed by atoms with Crippen LogP contribution in [0.1, 0.15) is 5.56 Å². The molecule has 0 radical (unpaired) electrons. The molecule has 0 aliphatic carbocycles. The number of benzene rings is 2. The quantitative estimate of drug-likeness (QED) is 0.422. The van der Waals surface area contributed by atoms with Gasteiger partial charge in [0.25, 0.3) is 5.69 Å². The first-order valence-corrected chi connectivity index (χ1v) is 8.54. The summed E-state index contributed by atoms with van der Waals surface area (Å²) in [7, 11) is 0. The zero-order chi connectivity index (χ0) is 17.8. The highest BCUT2D eigenvalue weighted by Gasteiger charge is 2.11. The summed E-state index contributed by atoms with van der Waals surface area (Å²) in [5, 5.41) is 14.6. The van der Waals surface area contributed by atoms with Crippen LogP contribution in [-0.2, 0) is 4.79 Å². The standard InChI is InChI=1S/C18H15N3O3S/c1-12-10-14(21(23)24)7-8-15(12)20-17(22)11-25-16-6-2-4-13-5-3-9-19-18(13)16/h2-10H,11H2,1H3,(H,20,22). The SMILES string of the molecule is Cc1cc([N+](=O)[O-])ccc1NC(=O)CSc1cccc2cccnc12. The summed E-state index contributed by atoms with van der Waals surface area (Å²) >= 11 is 1.41. The van der Waals surface area contributed by atoms with E-state index in [0.29, 0.717) is 11.3 Å². The molecule has 7 heteroatoms. The Hall–Kier alpha value is -2.93. The fourth-order valence-corrected chi connectivity index (χ4v) is 3.26. The summed E-state index contributed by atoms with van der Waals surface area (Å²) in [4.78, 5) is 27.8. The van der Waals surface area contributed by atoms with Gasteiger partial charge in [-0.05, 0) is 30.7 Å². The Bertz CT molecular complexity index is 954. The van der Waals surface area contributed by atoms with Crippen molar-refractivity contribution in [3.8, 4) is 0 Å². The van der Waals surface area contributed by atoms with Crippen LogP contribution < -0.4 is 5.32 Å². The number of pyridine rings is 1. The van der Waals surface area contributed by atoms with E-state index in [4.69, 9.17) is 0 Å². The molecule has 3 aromatic rings. The first-order chi connectivity index (χ1) is 12.0. The minimum absolute atomic E-state index is 0.00621. The summed E-state index contributed by atoms with van der Waals surface area (Å²) in [5.41, 5.74) is 2.10. The fourth-order valence-electron chi connectivity index (χ4n) is 2.42. The molecule has 0 aliphatic rings. The summed E-state index contributed by atoms with van der Waals surface area (Å²) < 4.78 is 0. The van der Waals surface area contributed by atoms with Gasteiger partial charge in [-0.25, -0.2) is 0 Å². The van der Waals surface area contributed by atoms with Gasteiger partial charge in [0.1, 0.15) is 0 Å². The van der Waals surface area contributed by atoms with E-state index < -0.39 is 4.92 Å². The third kappa shape index (κ3) is 3.95. The molecule has 2 aromatic carbocycles. The molecule has 0 fully saturated rings. The summed E-state index contributed by atoms with van der Waals surface area (Å²) in [6.07, 6.45) is 1.73. The first kappa shape index (κ1) is 16.9. The van der Waals surface area contributed by atoms with Crippen molar-refractivity contribution in [3.05, 3.63) is 70.4 Å². The summed E-state index contributed by atoms with van der Waals surface area (Å²) in [5.74, 6) is 0.0569. The third-order valence-corrected chi connectivity index (χ3v) is 4.70. The normalized spacial score (nSPS) is 10.6. The van der Waals surface area contributed by atoms with Crippen LogP contribution in [0.15, 0.2) is 59.6 Å². The molecule has 0 spiro atoms. The van der Waals surface area contributed by atoms with E-state index in [1.54, 1.807) is 19.2 Å². The molecule has 0 aliphatic heterocycles. The molecule has 1 aromatic heterocycles. The van der Waals surface area contributed by atoms with Gasteiger partial charge in [-0.15, -0.1) is 11.8 Å². The molecule has 0 bridgehead atoms. The molecule has 0 saturated heterocycles. The van der Waals surface area contributed by atoms with Crippen LogP contribution in [0.25, 0.3) is 10.9 Å². The Balaban J connectivity index is 1.68. The number of hydrogen-bond acceptors (Lipinski definition) is 5. The second kappa shape index (κ2) is 7.31. The Morgan fingerprint density at radius 1 is 1.24 bits per heavy atom. The van der Waals surface area contributed by atoms with E-state index >= 15 is 0 Å². The number of amides is 1. The largest absolute Gasteiger partial charge is 0.325 e. The van der Waals surface area contributed by atoms with Crippen molar-refractivity contribution in [1.29, 1.82) is 0 Å². The van der Waals surface area contributed by atoms with Gasteiger partial charge in [-0.2, -0.15) is 0 Å². The number of nitrogens with zero attached hydrogens (tertiary/aromatic N) is 2. The number of hydrogen-bond donors (Lipinski definition) is 1. The van der Waals surface area contributed by atoms with Crippen molar-refractivity contribution in [1.82, 2.24) is 4.98 Å². The number of non-ortho nitro benzene ring substituents is 1. The highest BCUT2D eigenvalue weighted by molar-refractivity contribution is 8.00. The highest BCUT2D eigenvalue weighted by atomic mass is 32.2. The lowest BCUT2D eigenvalue weighted by molar-refractivity contribution is -0.384. The maximum atomic E-state index is 12.2. The van der Waals surface area contributed by atoms with E-state index in [2.05, 4.69) is 10.3 Å². The van der Waals surface area contributed by atoms with Gasteiger partial charge in [0.05, 0.1) is 16.2 Å². The van der Waals surface area contributed by atoms with E-state index in [-0.39, 0.29) is 17.3 Å². The number of carbonyl (C=O) groups is 1. The lowest BCUT2D eigenvalue weighted by Crippen LogP contribution is -2.14. The van der Waals surface area contributed by atoms with E-state index in [9.17, 15) is 14.9 Å². The molecule has 0 unspecified atom stereocenters. The molecule has 3 rings (SSSR count). The predicted molar refractivity (Wildman–Crippen MR) is 98.9 cm³/mol. The number of thioether (sulfide) groups is 1. The number of aromatic nitrogens is 1. The van der Waals surface area contributed by atoms with Gasteiger partial charge in [0.2, 0.25) is 5.91 Å². The van der Waals surface area contributed by atoms with Crippen LogP contribution in [0, 0.1) is 17.0 Å². The molecule has 1 N–H and O–H groups in total. The smallest absolute Gasteiger partial charge is 0.269 e. The van der Waals surface area contributed by atoms with Crippen LogP contribution in [0.5, 0.6) is 0 Å². The maximum Gasteiger partial charge on any atom is 0.269 e. The topological polar surface area (TPSA) is 85.1 Å². The Morgan fingerprint density at radius 2 is 2.04 bits per heavy atom. The number of nitro groups is 1. The van der Waals surface area contributed by atoms with E-state index in [0.717, 1.165) is 15.8 Å². The van der Waals surface area contributed by atoms with Crippen LogP contribution in [0.2, 0.25) is 0 Å². The minimum atomic E-state index is -0.456. The van der Waals surface area contributed by atoms with Crippen molar-refractivity contribution in [2.24, 2.45) is 0 Å². The van der Waals surface area contributed by atoms with E-state index in [1.165, 1.54) is 23.9 Å². The molecule has 25 heavy (non-hydrogen) atoms. The first-order valence-electron chi connectivity index (χ1n) is 7.56. The van der Waals surface area contributed by atoms with Gasteiger partial charge in [0, 0.05) is 34.3 Å². The molecule has 1 amide bonds. The van der Waals surface area contributed by atoms with Gasteiger partial charge in [0.15, 0.2) is 0 Å². The van der Waals surface area contributed by atoms with Crippen LogP contribution >= 0.6 is 11.8 Å². The second-order valence-electron chi connectivity index (χ2n) is 5.42. The maximum absolute atomic E-state index is 12.2. The Morgan fingerprint density at radius 3 is 2.80 bits per heavy atom. The number of nitrogens with one attached hydrogen (secondary N) is 1. The number of fused-ring (bicyclic) bond motifs is 1. The zero-order valence-corrected chi connectivity index (χ0v) is 14.2. The number of anilines is 1. The van der Waals surface area contributed by atoms with Gasteiger partial charge < -0.3 is 5.32 Å². The number of nitro benzene ring substituents is 1. The number of rotatable bonds is 5. The lowest BCUT2D eigenvalue weighted by atomic mass is 10.2. The highest BCUT2D eigenvalue weighted by Crippen LogP contribution is 2.27. The van der Waals surface area contributed by atoms with Crippen molar-refractivity contribution in [3.63, 3.8) is 0 Å². The lowest BCUT2D eigenvalue weighted by Gasteiger charge is -2.09.